The van der Waals surface area contributed by atoms with Gasteiger partial charge in [-0.25, -0.2) is 4.39 Å². The predicted molar refractivity (Wildman–Crippen MR) is 84.5 cm³/mol. The van der Waals surface area contributed by atoms with Gasteiger partial charge in [-0.1, -0.05) is 43.5 Å². The monoisotopic (exact) mass is 318 g/mol. The second kappa shape index (κ2) is 6.50. The van der Waals surface area contributed by atoms with Gasteiger partial charge >= 0.3 is 0 Å². The van der Waals surface area contributed by atoms with Crippen LogP contribution >= 0.6 is 23.2 Å². The summed E-state index contributed by atoms with van der Waals surface area (Å²) in [5.74, 6) is 0.174. The lowest BCUT2D eigenvalue weighted by atomic mass is 9.95. The number of benzene rings is 1. The maximum Gasteiger partial charge on any atom is 0.126 e. The Labute approximate surface area is 130 Å². The Morgan fingerprint density at radius 2 is 2.00 bits per heavy atom. The minimum Gasteiger partial charge on any atom is -0.364 e. The van der Waals surface area contributed by atoms with Crippen molar-refractivity contribution >= 4 is 28.9 Å². The SMILES string of the molecule is CCC(C)C1CN(c2c(Cl)cc(F)cc2Cl)C(C)CN1. The van der Waals surface area contributed by atoms with Gasteiger partial charge in [0, 0.05) is 25.2 Å². The van der Waals surface area contributed by atoms with Crippen LogP contribution in [0.2, 0.25) is 10.0 Å². The van der Waals surface area contributed by atoms with Crippen LogP contribution in [0.3, 0.4) is 0 Å². The summed E-state index contributed by atoms with van der Waals surface area (Å²) in [4.78, 5) is 2.19. The van der Waals surface area contributed by atoms with Gasteiger partial charge in [-0.2, -0.15) is 0 Å². The van der Waals surface area contributed by atoms with E-state index in [9.17, 15) is 4.39 Å². The summed E-state index contributed by atoms with van der Waals surface area (Å²) in [6.45, 7) is 8.25. The average Bonchev–Trinajstić information content (AvgIpc) is 2.38. The first-order valence-electron chi connectivity index (χ1n) is 7.08. The van der Waals surface area contributed by atoms with Crippen LogP contribution in [0.15, 0.2) is 12.1 Å². The molecule has 0 aliphatic carbocycles. The number of nitrogens with one attached hydrogen (secondary N) is 1. The first-order valence-corrected chi connectivity index (χ1v) is 7.84. The highest BCUT2D eigenvalue weighted by Gasteiger charge is 2.30. The Bertz CT molecular complexity index is 458. The maximum absolute atomic E-state index is 13.3. The molecule has 0 saturated carbocycles. The molecular formula is C15H21Cl2FN2. The van der Waals surface area contributed by atoms with Crippen LogP contribution in [0.5, 0.6) is 0 Å². The molecule has 0 radical (unpaired) electrons. The van der Waals surface area contributed by atoms with E-state index in [1.54, 1.807) is 0 Å². The minimum atomic E-state index is -0.398. The van der Waals surface area contributed by atoms with Gasteiger partial charge in [0.05, 0.1) is 15.7 Å². The molecule has 1 saturated heterocycles. The Hall–Kier alpha value is -0.510. The molecule has 1 aliphatic rings. The van der Waals surface area contributed by atoms with Crippen LogP contribution in [-0.2, 0) is 0 Å². The van der Waals surface area contributed by atoms with Crippen LogP contribution in [-0.4, -0.2) is 25.2 Å². The van der Waals surface area contributed by atoms with E-state index in [0.29, 0.717) is 22.0 Å². The smallest absolute Gasteiger partial charge is 0.126 e. The molecule has 0 bridgehead atoms. The number of piperazine rings is 1. The fraction of sp³-hybridized carbons (Fsp3) is 0.600. The molecule has 2 nitrogen and oxygen atoms in total. The molecule has 112 valence electrons. The minimum absolute atomic E-state index is 0.274. The van der Waals surface area contributed by atoms with Gasteiger partial charge in [-0.3, -0.25) is 0 Å². The van der Waals surface area contributed by atoms with E-state index in [1.807, 2.05) is 0 Å². The third-order valence-electron chi connectivity index (χ3n) is 4.20. The quantitative estimate of drug-likeness (QED) is 0.891. The second-order valence-corrected chi connectivity index (χ2v) is 6.43. The summed E-state index contributed by atoms with van der Waals surface area (Å²) in [5, 5.41) is 4.33. The van der Waals surface area contributed by atoms with Gasteiger partial charge in [0.25, 0.3) is 0 Å². The van der Waals surface area contributed by atoms with Crippen molar-refractivity contribution in [1.82, 2.24) is 5.32 Å². The summed E-state index contributed by atoms with van der Waals surface area (Å²) in [6, 6.07) is 3.33. The lowest BCUT2D eigenvalue weighted by Gasteiger charge is -2.43. The lowest BCUT2D eigenvalue weighted by Crippen LogP contribution is -2.57. The molecule has 0 aromatic heterocycles. The van der Waals surface area contributed by atoms with Crippen molar-refractivity contribution in [2.24, 2.45) is 5.92 Å². The molecule has 3 atom stereocenters. The van der Waals surface area contributed by atoms with Gasteiger partial charge in [0.1, 0.15) is 5.82 Å². The average molecular weight is 319 g/mol. The number of hydrogen-bond acceptors (Lipinski definition) is 2. The Morgan fingerprint density at radius 3 is 2.55 bits per heavy atom. The second-order valence-electron chi connectivity index (χ2n) is 5.62. The Morgan fingerprint density at radius 1 is 1.40 bits per heavy atom. The summed E-state index contributed by atoms with van der Waals surface area (Å²) >= 11 is 12.4. The molecule has 0 spiro atoms. The highest BCUT2D eigenvalue weighted by Crippen LogP contribution is 2.37. The Kier molecular flexibility index (Phi) is 5.16. The normalized spacial score (nSPS) is 24.8. The van der Waals surface area contributed by atoms with E-state index in [0.717, 1.165) is 25.2 Å². The number of halogens is 3. The highest BCUT2D eigenvalue weighted by atomic mass is 35.5. The molecule has 2 rings (SSSR count). The molecular weight excluding hydrogens is 298 g/mol. The zero-order valence-corrected chi connectivity index (χ0v) is 13.6. The van der Waals surface area contributed by atoms with E-state index in [2.05, 4.69) is 31.0 Å². The summed E-state index contributed by atoms with van der Waals surface area (Å²) < 4.78 is 13.3. The molecule has 1 N–H and O–H groups in total. The van der Waals surface area contributed by atoms with E-state index in [1.165, 1.54) is 12.1 Å². The van der Waals surface area contributed by atoms with Crippen molar-refractivity contribution in [3.8, 4) is 0 Å². The number of rotatable bonds is 3. The van der Waals surface area contributed by atoms with Crippen LogP contribution < -0.4 is 10.2 Å². The molecule has 0 amide bonds. The molecule has 5 heteroatoms. The van der Waals surface area contributed by atoms with E-state index in [-0.39, 0.29) is 6.04 Å². The van der Waals surface area contributed by atoms with Crippen LogP contribution in [0.4, 0.5) is 10.1 Å². The zero-order chi connectivity index (χ0) is 14.9. The fourth-order valence-electron chi connectivity index (χ4n) is 2.67. The summed E-state index contributed by atoms with van der Waals surface area (Å²) in [7, 11) is 0. The summed E-state index contributed by atoms with van der Waals surface area (Å²) in [6.07, 6.45) is 1.12. The van der Waals surface area contributed by atoms with Crippen molar-refractivity contribution in [2.75, 3.05) is 18.0 Å². The highest BCUT2D eigenvalue weighted by molar-refractivity contribution is 6.39. The first kappa shape index (κ1) is 15.9. The van der Waals surface area contributed by atoms with E-state index >= 15 is 0 Å². The Balaban J connectivity index is 2.30. The fourth-order valence-corrected chi connectivity index (χ4v) is 3.35. The standard InChI is InChI=1S/C15H21Cl2FN2/c1-4-9(2)14-8-20(10(3)7-19-14)15-12(16)5-11(18)6-13(15)17/h5-6,9-10,14,19H,4,7-8H2,1-3H3. The van der Waals surface area contributed by atoms with Gasteiger partial charge in [-0.05, 0) is 25.0 Å². The van der Waals surface area contributed by atoms with Gasteiger partial charge in [-0.15, -0.1) is 0 Å². The van der Waals surface area contributed by atoms with Crippen LogP contribution in [0.1, 0.15) is 27.2 Å². The lowest BCUT2D eigenvalue weighted by molar-refractivity contribution is 0.316. The van der Waals surface area contributed by atoms with Crippen LogP contribution in [0.25, 0.3) is 0 Å². The molecule has 1 heterocycles. The number of nitrogens with zero attached hydrogens (tertiary/aromatic N) is 1. The van der Waals surface area contributed by atoms with Gasteiger partial charge in [0.15, 0.2) is 0 Å². The predicted octanol–water partition coefficient (Wildman–Crippen LogP) is 4.35. The number of anilines is 1. The summed E-state index contributed by atoms with van der Waals surface area (Å²) in [5.41, 5.74) is 0.747. The van der Waals surface area contributed by atoms with E-state index in [4.69, 9.17) is 23.2 Å². The van der Waals surface area contributed by atoms with Crippen molar-refractivity contribution in [3.63, 3.8) is 0 Å². The zero-order valence-electron chi connectivity index (χ0n) is 12.1. The van der Waals surface area contributed by atoms with Crippen LogP contribution in [0, 0.1) is 11.7 Å². The molecule has 1 aromatic rings. The van der Waals surface area contributed by atoms with E-state index < -0.39 is 5.82 Å². The molecule has 3 unspecified atom stereocenters. The van der Waals surface area contributed by atoms with Crippen molar-refractivity contribution in [2.45, 2.75) is 39.3 Å². The topological polar surface area (TPSA) is 15.3 Å². The van der Waals surface area contributed by atoms with Gasteiger partial charge < -0.3 is 10.2 Å². The first-order chi connectivity index (χ1) is 9.43. The number of hydrogen-bond donors (Lipinski definition) is 1. The molecule has 20 heavy (non-hydrogen) atoms. The molecule has 1 fully saturated rings. The van der Waals surface area contributed by atoms with Crippen molar-refractivity contribution in [1.29, 1.82) is 0 Å². The maximum atomic E-state index is 13.3. The molecule has 1 aliphatic heterocycles. The van der Waals surface area contributed by atoms with Crippen molar-refractivity contribution < 1.29 is 4.39 Å². The van der Waals surface area contributed by atoms with Crippen molar-refractivity contribution in [3.05, 3.63) is 28.0 Å². The third-order valence-corrected chi connectivity index (χ3v) is 4.78. The molecule has 1 aromatic carbocycles. The van der Waals surface area contributed by atoms with Gasteiger partial charge in [0.2, 0.25) is 0 Å². The third kappa shape index (κ3) is 3.21. The largest absolute Gasteiger partial charge is 0.364 e.